The first kappa shape index (κ1) is 28.9. The van der Waals surface area contributed by atoms with Gasteiger partial charge in [0.15, 0.2) is 5.96 Å². The summed E-state index contributed by atoms with van der Waals surface area (Å²) in [5.74, 6) is -4.26. The monoisotopic (exact) mass is 476 g/mol. The van der Waals surface area contributed by atoms with Crippen LogP contribution in [0.5, 0.6) is 0 Å². The third-order valence-electron chi connectivity index (χ3n) is 4.17. The molecule has 0 saturated carbocycles. The molecule has 4 atom stereocenters. The fourth-order valence-electron chi connectivity index (χ4n) is 2.34. The van der Waals surface area contributed by atoms with Gasteiger partial charge in [0, 0.05) is 18.7 Å². The number of nitrogens with one attached hydrogen (secondary N) is 3. The molecule has 0 radical (unpaired) electrons. The van der Waals surface area contributed by atoms with E-state index in [-0.39, 0.29) is 37.5 Å². The Balaban J connectivity index is 4.77. The normalized spacial score (nSPS) is 14.2. The molecule has 0 aromatic carbocycles. The number of amides is 4. The molecular formula is C17H32N8O6S. The van der Waals surface area contributed by atoms with E-state index in [1.54, 1.807) is 0 Å². The molecule has 12 N–H and O–H groups in total. The van der Waals surface area contributed by atoms with E-state index in [0.29, 0.717) is 6.42 Å². The molecule has 0 rings (SSSR count). The zero-order chi connectivity index (χ0) is 24.8. The van der Waals surface area contributed by atoms with Crippen molar-refractivity contribution >= 4 is 48.2 Å². The summed E-state index contributed by atoms with van der Waals surface area (Å²) in [6.07, 6.45) is 0.275. The first-order chi connectivity index (χ1) is 14.9. The quantitative estimate of drug-likeness (QED) is 0.0483. The van der Waals surface area contributed by atoms with Crippen molar-refractivity contribution in [2.75, 3.05) is 12.3 Å². The number of aliphatic carboxylic acids is 1. The van der Waals surface area contributed by atoms with Gasteiger partial charge in [0.2, 0.25) is 23.6 Å². The standard InChI is InChI=1S/C17H32N8O6S/c1-8(13(27)24-10(16(30)31)3-2-6-22-17(20)21)23-15(29)11(7-32)25-14(28)9(18)4-5-12(19)26/h8-11,32H,2-7,18H2,1H3,(H2,19,26)(H,23,29)(H,24,27)(H,25,28)(H,30,31)(H4,20,21,22). The molecule has 0 saturated heterocycles. The molecular weight excluding hydrogens is 444 g/mol. The number of carbonyl (C=O) groups excluding carboxylic acids is 4. The second-order valence-corrected chi connectivity index (χ2v) is 7.30. The highest BCUT2D eigenvalue weighted by Gasteiger charge is 2.27. The zero-order valence-corrected chi connectivity index (χ0v) is 18.6. The van der Waals surface area contributed by atoms with Crippen LogP contribution < -0.4 is 38.9 Å². The molecule has 15 heteroatoms. The second kappa shape index (κ2) is 14.9. The van der Waals surface area contributed by atoms with E-state index in [2.05, 4.69) is 33.6 Å². The largest absolute Gasteiger partial charge is 0.480 e. The van der Waals surface area contributed by atoms with Gasteiger partial charge in [0.05, 0.1) is 6.04 Å². The van der Waals surface area contributed by atoms with E-state index in [4.69, 9.17) is 22.9 Å². The lowest BCUT2D eigenvalue weighted by molar-refractivity contribution is -0.142. The topological polar surface area (TPSA) is 258 Å². The Kier molecular flexibility index (Phi) is 13.4. The van der Waals surface area contributed by atoms with Crippen LogP contribution in [0.4, 0.5) is 0 Å². The first-order valence-electron chi connectivity index (χ1n) is 9.73. The minimum Gasteiger partial charge on any atom is -0.480 e. The molecule has 0 aromatic heterocycles. The van der Waals surface area contributed by atoms with Gasteiger partial charge in [0.1, 0.15) is 18.1 Å². The molecule has 0 aliphatic heterocycles. The number of primary amides is 1. The summed E-state index contributed by atoms with van der Waals surface area (Å²) in [5, 5.41) is 16.3. The van der Waals surface area contributed by atoms with Gasteiger partial charge in [-0.25, -0.2) is 4.79 Å². The van der Waals surface area contributed by atoms with E-state index in [1.807, 2.05) is 0 Å². The molecule has 0 heterocycles. The molecule has 0 bridgehead atoms. The summed E-state index contributed by atoms with van der Waals surface area (Å²) < 4.78 is 0. The van der Waals surface area contributed by atoms with Crippen molar-refractivity contribution in [1.29, 1.82) is 0 Å². The summed E-state index contributed by atoms with van der Waals surface area (Å²) in [4.78, 5) is 62.6. The van der Waals surface area contributed by atoms with Crippen LogP contribution in [0.25, 0.3) is 0 Å². The van der Waals surface area contributed by atoms with E-state index in [0.717, 1.165) is 0 Å². The average Bonchev–Trinajstić information content (AvgIpc) is 2.71. The van der Waals surface area contributed by atoms with Crippen molar-refractivity contribution in [2.24, 2.45) is 27.9 Å². The van der Waals surface area contributed by atoms with Crippen LogP contribution in [0.15, 0.2) is 4.99 Å². The maximum Gasteiger partial charge on any atom is 0.326 e. The molecule has 4 unspecified atom stereocenters. The van der Waals surface area contributed by atoms with Crippen LogP contribution in [0, 0.1) is 0 Å². The molecule has 0 aliphatic carbocycles. The smallest absolute Gasteiger partial charge is 0.326 e. The summed E-state index contributed by atoms with van der Waals surface area (Å²) in [5.41, 5.74) is 21.0. The Morgan fingerprint density at radius 3 is 2.03 bits per heavy atom. The minimum absolute atomic E-state index is 0.000642. The van der Waals surface area contributed by atoms with Crippen molar-refractivity contribution in [2.45, 2.75) is 56.8 Å². The number of carbonyl (C=O) groups is 5. The third-order valence-corrected chi connectivity index (χ3v) is 4.53. The third kappa shape index (κ3) is 11.9. The van der Waals surface area contributed by atoms with Gasteiger partial charge in [-0.05, 0) is 26.2 Å². The Hall–Kier alpha value is -3.07. The lowest BCUT2D eigenvalue weighted by Crippen LogP contribution is -2.56. The van der Waals surface area contributed by atoms with E-state index in [1.165, 1.54) is 6.92 Å². The van der Waals surface area contributed by atoms with Crippen molar-refractivity contribution in [3.05, 3.63) is 0 Å². The fourth-order valence-corrected chi connectivity index (χ4v) is 2.60. The maximum absolute atomic E-state index is 12.4. The van der Waals surface area contributed by atoms with Crippen LogP contribution in [-0.4, -0.2) is 77.1 Å². The van der Waals surface area contributed by atoms with Crippen LogP contribution in [0.2, 0.25) is 0 Å². The van der Waals surface area contributed by atoms with Gasteiger partial charge in [-0.1, -0.05) is 0 Å². The highest BCUT2D eigenvalue weighted by Crippen LogP contribution is 2.01. The van der Waals surface area contributed by atoms with Gasteiger partial charge in [-0.15, -0.1) is 0 Å². The number of carboxylic acids is 1. The molecule has 14 nitrogen and oxygen atoms in total. The predicted octanol–water partition coefficient (Wildman–Crippen LogP) is -3.88. The van der Waals surface area contributed by atoms with Crippen LogP contribution in [0.1, 0.15) is 32.6 Å². The number of carboxylic acid groups (broad SMARTS) is 1. The highest BCUT2D eigenvalue weighted by molar-refractivity contribution is 7.80. The first-order valence-corrected chi connectivity index (χ1v) is 10.4. The van der Waals surface area contributed by atoms with Crippen LogP contribution in [-0.2, 0) is 24.0 Å². The zero-order valence-electron chi connectivity index (χ0n) is 17.7. The lowest BCUT2D eigenvalue weighted by atomic mass is 10.1. The summed E-state index contributed by atoms with van der Waals surface area (Å²) in [6, 6.07) is -4.49. The van der Waals surface area contributed by atoms with Crippen molar-refractivity contribution < 1.29 is 29.1 Å². The SMILES string of the molecule is CC(NC(=O)C(CS)NC(=O)C(N)CCC(N)=O)C(=O)NC(CCCN=C(N)N)C(=O)O. The summed E-state index contributed by atoms with van der Waals surface area (Å²) in [6.45, 7) is 1.54. The van der Waals surface area contributed by atoms with E-state index in [9.17, 15) is 29.1 Å². The van der Waals surface area contributed by atoms with E-state index < -0.39 is 53.8 Å². The van der Waals surface area contributed by atoms with Gasteiger partial charge < -0.3 is 44.0 Å². The number of aliphatic imine (C=N–C) groups is 1. The number of nitrogens with two attached hydrogens (primary N) is 4. The van der Waals surface area contributed by atoms with Crippen molar-refractivity contribution in [1.82, 2.24) is 16.0 Å². The van der Waals surface area contributed by atoms with Gasteiger partial charge in [-0.2, -0.15) is 12.6 Å². The minimum atomic E-state index is -1.26. The molecule has 4 amide bonds. The van der Waals surface area contributed by atoms with Gasteiger partial charge in [-0.3, -0.25) is 24.2 Å². The molecule has 0 spiro atoms. The van der Waals surface area contributed by atoms with E-state index >= 15 is 0 Å². The number of nitrogens with zero attached hydrogens (tertiary/aromatic N) is 1. The Morgan fingerprint density at radius 1 is 0.938 bits per heavy atom. The van der Waals surface area contributed by atoms with Crippen LogP contribution >= 0.6 is 12.6 Å². The molecule has 182 valence electrons. The second-order valence-electron chi connectivity index (χ2n) is 6.93. The Labute approximate surface area is 190 Å². The van der Waals surface area contributed by atoms with Gasteiger partial charge >= 0.3 is 5.97 Å². The van der Waals surface area contributed by atoms with Gasteiger partial charge in [0.25, 0.3) is 0 Å². The number of hydrogen-bond donors (Lipinski definition) is 9. The molecule has 0 aliphatic rings. The predicted molar refractivity (Wildman–Crippen MR) is 119 cm³/mol. The van der Waals surface area contributed by atoms with Crippen LogP contribution in [0.3, 0.4) is 0 Å². The molecule has 0 fully saturated rings. The fraction of sp³-hybridized carbons (Fsp3) is 0.647. The molecule has 32 heavy (non-hydrogen) atoms. The Bertz CT molecular complexity index is 715. The van der Waals surface area contributed by atoms with Crippen molar-refractivity contribution in [3.63, 3.8) is 0 Å². The average molecular weight is 477 g/mol. The number of guanidine groups is 1. The van der Waals surface area contributed by atoms with Crippen molar-refractivity contribution in [3.8, 4) is 0 Å². The summed E-state index contributed by atoms with van der Waals surface area (Å²) in [7, 11) is 0. The Morgan fingerprint density at radius 2 is 1.53 bits per heavy atom. The lowest BCUT2D eigenvalue weighted by Gasteiger charge is -2.22. The maximum atomic E-state index is 12.4. The highest BCUT2D eigenvalue weighted by atomic mass is 32.1. The molecule has 0 aromatic rings. The number of hydrogen-bond acceptors (Lipinski definition) is 8. The number of thiol groups is 1. The number of rotatable bonds is 15. The summed E-state index contributed by atoms with van der Waals surface area (Å²) >= 11 is 4.00.